The average Bonchev–Trinajstić information content (AvgIpc) is 2.47. The Morgan fingerprint density at radius 2 is 1.96 bits per heavy atom. The highest BCUT2D eigenvalue weighted by molar-refractivity contribution is 5.90. The van der Waals surface area contributed by atoms with E-state index in [0.717, 1.165) is 0 Å². The molecule has 2 unspecified atom stereocenters. The van der Waals surface area contributed by atoms with E-state index in [-0.39, 0.29) is 29.9 Å². The van der Waals surface area contributed by atoms with Crippen molar-refractivity contribution in [3.63, 3.8) is 0 Å². The van der Waals surface area contributed by atoms with Gasteiger partial charge in [-0.3, -0.25) is 0 Å². The summed E-state index contributed by atoms with van der Waals surface area (Å²) in [4.78, 5) is 32.1. The van der Waals surface area contributed by atoms with Crippen LogP contribution in [0.1, 0.15) is 30.6 Å². The van der Waals surface area contributed by atoms with Gasteiger partial charge in [0.25, 0.3) is 0 Å². The van der Waals surface area contributed by atoms with Gasteiger partial charge in [0.15, 0.2) is 5.75 Å². The third-order valence-corrected chi connectivity index (χ3v) is 2.79. The number of ether oxygens (including phenoxy) is 1. The van der Waals surface area contributed by atoms with Crippen LogP contribution >= 0.6 is 0 Å². The highest BCUT2D eigenvalue weighted by Gasteiger charge is 2.16. The number of carbonyl (C=O) groups excluding carboxylic acids is 1. The lowest BCUT2D eigenvalue weighted by Crippen LogP contribution is -2.25. The van der Waals surface area contributed by atoms with Gasteiger partial charge in [-0.2, -0.15) is 4.89 Å². The summed E-state index contributed by atoms with van der Waals surface area (Å²) in [5, 5.41) is 18.8. The number of carbonyl (C=O) groups is 2. The molecule has 1 aromatic carbocycles. The maximum absolute atomic E-state index is 11.3. The van der Waals surface area contributed by atoms with E-state index in [1.54, 1.807) is 19.1 Å². The molecule has 0 aliphatic carbocycles. The Kier molecular flexibility index (Phi) is 7.24. The molecule has 0 heterocycles. The predicted molar refractivity (Wildman–Crippen MR) is 81.0 cm³/mol. The van der Waals surface area contributed by atoms with Crippen molar-refractivity contribution in [2.45, 2.75) is 32.5 Å². The normalized spacial score (nSPS) is 13.0. The van der Waals surface area contributed by atoms with Gasteiger partial charge in [-0.15, -0.1) is 0 Å². The fourth-order valence-electron chi connectivity index (χ4n) is 1.67. The van der Waals surface area contributed by atoms with Crippen molar-refractivity contribution in [1.82, 2.24) is 0 Å². The third kappa shape index (κ3) is 6.50. The van der Waals surface area contributed by atoms with Gasteiger partial charge in [-0.05, 0) is 26.0 Å². The molecule has 7 heteroatoms. The number of aliphatic hydroxyl groups is 1. The zero-order chi connectivity index (χ0) is 17.4. The van der Waals surface area contributed by atoms with E-state index in [0.29, 0.717) is 0 Å². The molecule has 1 rings (SSSR count). The number of para-hydroxylation sites is 1. The van der Waals surface area contributed by atoms with E-state index < -0.39 is 24.1 Å². The number of hydrogen-bond donors (Lipinski definition) is 2. The van der Waals surface area contributed by atoms with Crippen LogP contribution in [0.3, 0.4) is 0 Å². The van der Waals surface area contributed by atoms with Crippen molar-refractivity contribution < 1.29 is 34.3 Å². The fourth-order valence-corrected chi connectivity index (χ4v) is 1.67. The maximum atomic E-state index is 11.3. The molecule has 0 fully saturated rings. The summed E-state index contributed by atoms with van der Waals surface area (Å²) >= 11 is 0. The molecule has 0 aliphatic rings. The Morgan fingerprint density at radius 3 is 2.57 bits per heavy atom. The van der Waals surface area contributed by atoms with Crippen LogP contribution in [0.4, 0.5) is 0 Å². The predicted octanol–water partition coefficient (Wildman–Crippen LogP) is 1.95. The second-order valence-corrected chi connectivity index (χ2v) is 5.05. The number of aliphatic hydroxyl groups excluding tert-OH is 1. The van der Waals surface area contributed by atoms with Crippen LogP contribution in [0.15, 0.2) is 36.4 Å². The van der Waals surface area contributed by atoms with Crippen LogP contribution < -0.4 is 4.89 Å². The topological polar surface area (TPSA) is 102 Å². The lowest BCUT2D eigenvalue weighted by molar-refractivity contribution is -0.225. The zero-order valence-electron chi connectivity index (χ0n) is 13.0. The maximum Gasteiger partial charge on any atom is 0.339 e. The quantitative estimate of drug-likeness (QED) is 0.310. The molecule has 2 atom stereocenters. The molecule has 0 bridgehead atoms. The summed E-state index contributed by atoms with van der Waals surface area (Å²) in [7, 11) is 0. The number of carboxylic acids is 1. The van der Waals surface area contributed by atoms with Crippen molar-refractivity contribution in [2.24, 2.45) is 0 Å². The van der Waals surface area contributed by atoms with Crippen LogP contribution in [0.2, 0.25) is 0 Å². The van der Waals surface area contributed by atoms with Crippen LogP contribution in [0.5, 0.6) is 5.75 Å². The van der Waals surface area contributed by atoms with Crippen molar-refractivity contribution in [2.75, 3.05) is 6.61 Å². The van der Waals surface area contributed by atoms with Gasteiger partial charge < -0.3 is 19.8 Å². The summed E-state index contributed by atoms with van der Waals surface area (Å²) in [6.45, 7) is 6.42. The van der Waals surface area contributed by atoms with Gasteiger partial charge in [0.05, 0.1) is 6.10 Å². The average molecular weight is 324 g/mol. The van der Waals surface area contributed by atoms with E-state index in [2.05, 4.69) is 6.58 Å². The van der Waals surface area contributed by atoms with Crippen LogP contribution in [-0.4, -0.2) is 41.0 Å². The standard InChI is InChI=1S/C16H20O7/c1-10(2)16(20)22-11(3)8-12(17)9-21-23-14-7-5-4-6-13(14)15(18)19/h4-7,11-12,17H,1,8-9H2,2-3H3,(H,18,19). The first-order valence-electron chi connectivity index (χ1n) is 6.97. The summed E-state index contributed by atoms with van der Waals surface area (Å²) in [5.74, 6) is -1.64. The van der Waals surface area contributed by atoms with Gasteiger partial charge in [0.1, 0.15) is 18.3 Å². The summed E-state index contributed by atoms with van der Waals surface area (Å²) < 4.78 is 5.03. The number of aromatic carboxylic acids is 1. The first-order valence-corrected chi connectivity index (χ1v) is 6.97. The Balaban J connectivity index is 2.40. The van der Waals surface area contributed by atoms with Crippen molar-refractivity contribution >= 4 is 11.9 Å². The Hall–Kier alpha value is -2.38. The molecule has 2 N–H and O–H groups in total. The van der Waals surface area contributed by atoms with Gasteiger partial charge in [0, 0.05) is 12.0 Å². The van der Waals surface area contributed by atoms with Crippen LogP contribution in [0.25, 0.3) is 0 Å². The molecule has 23 heavy (non-hydrogen) atoms. The third-order valence-electron chi connectivity index (χ3n) is 2.79. The van der Waals surface area contributed by atoms with Gasteiger partial charge >= 0.3 is 11.9 Å². The number of esters is 1. The minimum Gasteiger partial charge on any atom is -0.478 e. The number of benzene rings is 1. The Labute approximate surface area is 134 Å². The summed E-state index contributed by atoms with van der Waals surface area (Å²) in [5.41, 5.74) is 0.224. The highest BCUT2D eigenvalue weighted by Crippen LogP contribution is 2.18. The first-order chi connectivity index (χ1) is 10.8. The van der Waals surface area contributed by atoms with Crippen molar-refractivity contribution in [3.05, 3.63) is 42.0 Å². The molecular formula is C16H20O7. The summed E-state index contributed by atoms with van der Waals surface area (Å²) in [6, 6.07) is 5.97. The van der Waals surface area contributed by atoms with Gasteiger partial charge in [-0.1, -0.05) is 18.7 Å². The SMILES string of the molecule is C=C(C)C(=O)OC(C)CC(O)COOc1ccccc1C(=O)O. The first kappa shape index (κ1) is 18.7. The highest BCUT2D eigenvalue weighted by atomic mass is 17.2. The fraction of sp³-hybridized carbons (Fsp3) is 0.375. The van der Waals surface area contributed by atoms with Gasteiger partial charge in [-0.25, -0.2) is 9.59 Å². The molecule has 0 spiro atoms. The van der Waals surface area contributed by atoms with Crippen LogP contribution in [-0.2, 0) is 14.4 Å². The number of hydrogen-bond acceptors (Lipinski definition) is 6. The molecule has 126 valence electrons. The minimum absolute atomic E-state index is 0.0361. The molecule has 1 aromatic rings. The smallest absolute Gasteiger partial charge is 0.339 e. The minimum atomic E-state index is -1.15. The second-order valence-electron chi connectivity index (χ2n) is 5.05. The molecule has 0 aromatic heterocycles. The number of rotatable bonds is 9. The second kappa shape index (κ2) is 8.92. The largest absolute Gasteiger partial charge is 0.478 e. The monoisotopic (exact) mass is 324 g/mol. The molecule has 0 saturated carbocycles. The molecule has 0 saturated heterocycles. The summed E-state index contributed by atoms with van der Waals surface area (Å²) in [6.07, 6.45) is -1.33. The zero-order valence-corrected chi connectivity index (χ0v) is 13.0. The lowest BCUT2D eigenvalue weighted by atomic mass is 10.2. The van der Waals surface area contributed by atoms with Gasteiger partial charge in [0.2, 0.25) is 0 Å². The van der Waals surface area contributed by atoms with E-state index in [1.165, 1.54) is 19.1 Å². The van der Waals surface area contributed by atoms with Crippen molar-refractivity contribution in [3.8, 4) is 5.75 Å². The molecule has 7 nitrogen and oxygen atoms in total. The van der Waals surface area contributed by atoms with Crippen molar-refractivity contribution in [1.29, 1.82) is 0 Å². The Morgan fingerprint density at radius 1 is 1.30 bits per heavy atom. The molecule has 0 radical (unpaired) electrons. The van der Waals surface area contributed by atoms with E-state index in [1.807, 2.05) is 0 Å². The lowest BCUT2D eigenvalue weighted by Gasteiger charge is -2.17. The molecule has 0 aliphatic heterocycles. The molecule has 0 amide bonds. The van der Waals surface area contributed by atoms with E-state index in [9.17, 15) is 14.7 Å². The number of carboxylic acid groups (broad SMARTS) is 1. The Bertz CT molecular complexity index is 567. The van der Waals surface area contributed by atoms with E-state index in [4.69, 9.17) is 19.6 Å². The van der Waals surface area contributed by atoms with Crippen LogP contribution in [0, 0.1) is 0 Å². The van der Waals surface area contributed by atoms with E-state index >= 15 is 0 Å². The molecular weight excluding hydrogens is 304 g/mol.